The van der Waals surface area contributed by atoms with Crippen LogP contribution < -0.4 is 10.1 Å². The SMILES string of the molecule is CCNCc1ccc(Oc2ccc(Br)cc2F)c(Br)c1. The van der Waals surface area contributed by atoms with Gasteiger partial charge in [0.1, 0.15) is 5.75 Å². The molecular weight excluding hydrogens is 389 g/mol. The van der Waals surface area contributed by atoms with Gasteiger partial charge in [-0.1, -0.05) is 28.9 Å². The Labute approximate surface area is 134 Å². The quantitative estimate of drug-likeness (QED) is 0.737. The number of halogens is 3. The highest BCUT2D eigenvalue weighted by Gasteiger charge is 2.08. The molecule has 0 aliphatic carbocycles. The van der Waals surface area contributed by atoms with E-state index in [9.17, 15) is 4.39 Å². The Morgan fingerprint density at radius 1 is 1.10 bits per heavy atom. The van der Waals surface area contributed by atoms with Gasteiger partial charge in [-0.25, -0.2) is 4.39 Å². The minimum absolute atomic E-state index is 0.202. The average molecular weight is 403 g/mol. The summed E-state index contributed by atoms with van der Waals surface area (Å²) in [6.07, 6.45) is 0. The van der Waals surface area contributed by atoms with Crippen molar-refractivity contribution in [3.63, 3.8) is 0 Å². The molecule has 0 aliphatic rings. The normalized spacial score (nSPS) is 10.6. The van der Waals surface area contributed by atoms with E-state index in [4.69, 9.17) is 4.74 Å². The lowest BCUT2D eigenvalue weighted by Crippen LogP contribution is -2.11. The van der Waals surface area contributed by atoms with Crippen LogP contribution in [0.25, 0.3) is 0 Å². The van der Waals surface area contributed by atoms with Crippen molar-refractivity contribution >= 4 is 31.9 Å². The second kappa shape index (κ2) is 7.20. The molecule has 0 heterocycles. The van der Waals surface area contributed by atoms with Crippen molar-refractivity contribution < 1.29 is 9.13 Å². The largest absolute Gasteiger partial charge is 0.453 e. The highest BCUT2D eigenvalue weighted by molar-refractivity contribution is 9.10. The molecule has 0 fully saturated rings. The second-order valence-electron chi connectivity index (χ2n) is 4.22. The molecule has 0 unspecified atom stereocenters. The molecule has 20 heavy (non-hydrogen) atoms. The van der Waals surface area contributed by atoms with Crippen LogP contribution in [0.3, 0.4) is 0 Å². The van der Waals surface area contributed by atoms with Gasteiger partial charge in [0.05, 0.1) is 4.47 Å². The van der Waals surface area contributed by atoms with Crippen molar-refractivity contribution in [1.82, 2.24) is 5.32 Å². The maximum Gasteiger partial charge on any atom is 0.166 e. The fraction of sp³-hybridized carbons (Fsp3) is 0.200. The molecule has 2 aromatic carbocycles. The Morgan fingerprint density at radius 2 is 1.85 bits per heavy atom. The maximum atomic E-state index is 13.7. The second-order valence-corrected chi connectivity index (χ2v) is 5.99. The van der Waals surface area contributed by atoms with Gasteiger partial charge >= 0.3 is 0 Å². The van der Waals surface area contributed by atoms with Crippen LogP contribution in [0.5, 0.6) is 11.5 Å². The summed E-state index contributed by atoms with van der Waals surface area (Å²) in [5.41, 5.74) is 1.14. The minimum Gasteiger partial charge on any atom is -0.453 e. The van der Waals surface area contributed by atoms with Crippen LogP contribution in [0.1, 0.15) is 12.5 Å². The summed E-state index contributed by atoms with van der Waals surface area (Å²) in [6.45, 7) is 3.77. The molecule has 0 radical (unpaired) electrons. The summed E-state index contributed by atoms with van der Waals surface area (Å²) in [6, 6.07) is 10.5. The first-order chi connectivity index (χ1) is 9.60. The molecule has 5 heteroatoms. The predicted octanol–water partition coefficient (Wildman–Crippen LogP) is 5.25. The van der Waals surface area contributed by atoms with E-state index in [1.54, 1.807) is 12.1 Å². The first kappa shape index (κ1) is 15.5. The van der Waals surface area contributed by atoms with Gasteiger partial charge < -0.3 is 10.1 Å². The van der Waals surface area contributed by atoms with Crippen molar-refractivity contribution in [1.29, 1.82) is 0 Å². The molecule has 0 saturated heterocycles. The first-order valence-electron chi connectivity index (χ1n) is 6.22. The minimum atomic E-state index is -0.400. The third kappa shape index (κ3) is 4.04. The molecule has 1 N–H and O–H groups in total. The van der Waals surface area contributed by atoms with Gasteiger partial charge in [0, 0.05) is 11.0 Å². The van der Waals surface area contributed by atoms with E-state index in [1.165, 1.54) is 6.07 Å². The smallest absolute Gasteiger partial charge is 0.166 e. The van der Waals surface area contributed by atoms with Crippen molar-refractivity contribution in [2.45, 2.75) is 13.5 Å². The fourth-order valence-corrected chi connectivity index (χ4v) is 2.52. The Kier molecular flexibility index (Phi) is 5.57. The highest BCUT2D eigenvalue weighted by atomic mass is 79.9. The zero-order valence-electron chi connectivity index (χ0n) is 10.9. The molecule has 0 spiro atoms. The van der Waals surface area contributed by atoms with Crippen molar-refractivity contribution in [3.05, 3.63) is 56.7 Å². The van der Waals surface area contributed by atoms with Crippen molar-refractivity contribution in [3.8, 4) is 11.5 Å². The monoisotopic (exact) mass is 401 g/mol. The molecular formula is C15H14Br2FNO. The van der Waals surface area contributed by atoms with E-state index < -0.39 is 5.82 Å². The Balaban J connectivity index is 2.17. The number of hydrogen-bond acceptors (Lipinski definition) is 2. The summed E-state index contributed by atoms with van der Waals surface area (Å²) >= 11 is 6.67. The molecule has 2 aromatic rings. The van der Waals surface area contributed by atoms with Gasteiger partial charge in [-0.05, 0) is 58.4 Å². The predicted molar refractivity (Wildman–Crippen MR) is 85.7 cm³/mol. The topological polar surface area (TPSA) is 21.3 Å². The molecule has 2 nitrogen and oxygen atoms in total. The summed E-state index contributed by atoms with van der Waals surface area (Å²) in [5, 5.41) is 3.25. The average Bonchev–Trinajstić information content (AvgIpc) is 2.42. The van der Waals surface area contributed by atoms with E-state index >= 15 is 0 Å². The van der Waals surface area contributed by atoms with Crippen molar-refractivity contribution in [2.24, 2.45) is 0 Å². The summed E-state index contributed by atoms with van der Waals surface area (Å²) < 4.78 is 20.8. The summed E-state index contributed by atoms with van der Waals surface area (Å²) in [4.78, 5) is 0. The zero-order valence-corrected chi connectivity index (χ0v) is 14.1. The number of rotatable bonds is 5. The molecule has 0 bridgehead atoms. The Morgan fingerprint density at radius 3 is 2.50 bits per heavy atom. The number of nitrogens with one attached hydrogen (secondary N) is 1. The number of hydrogen-bond donors (Lipinski definition) is 1. The van der Waals surface area contributed by atoms with Gasteiger partial charge in [0.2, 0.25) is 0 Å². The van der Waals surface area contributed by atoms with Gasteiger partial charge in [0.25, 0.3) is 0 Å². The Bertz CT molecular complexity index is 604. The van der Waals surface area contributed by atoms with E-state index in [-0.39, 0.29) is 5.75 Å². The molecule has 2 rings (SSSR count). The molecule has 0 atom stereocenters. The lowest BCUT2D eigenvalue weighted by molar-refractivity contribution is 0.439. The summed E-state index contributed by atoms with van der Waals surface area (Å²) in [7, 11) is 0. The number of benzene rings is 2. The zero-order chi connectivity index (χ0) is 14.5. The molecule has 0 saturated carbocycles. The standard InChI is InChI=1S/C15H14Br2FNO/c1-2-19-9-10-3-5-14(12(17)7-10)20-15-6-4-11(16)8-13(15)18/h3-8,19H,2,9H2,1H3. The third-order valence-electron chi connectivity index (χ3n) is 2.69. The van der Waals surface area contributed by atoms with Crippen LogP contribution in [-0.2, 0) is 6.54 Å². The summed E-state index contributed by atoms with van der Waals surface area (Å²) in [5.74, 6) is 0.391. The lowest BCUT2D eigenvalue weighted by atomic mass is 10.2. The van der Waals surface area contributed by atoms with Crippen LogP contribution in [0.15, 0.2) is 45.3 Å². The van der Waals surface area contributed by atoms with Crippen LogP contribution in [0.2, 0.25) is 0 Å². The van der Waals surface area contributed by atoms with Crippen LogP contribution >= 0.6 is 31.9 Å². The molecule has 106 valence electrons. The van der Waals surface area contributed by atoms with E-state index in [1.807, 2.05) is 18.2 Å². The van der Waals surface area contributed by atoms with Crippen LogP contribution in [-0.4, -0.2) is 6.54 Å². The van der Waals surface area contributed by atoms with Crippen molar-refractivity contribution in [2.75, 3.05) is 6.54 Å². The van der Waals surface area contributed by atoms with Gasteiger partial charge in [-0.3, -0.25) is 0 Å². The van der Waals surface area contributed by atoms with Crippen LogP contribution in [0.4, 0.5) is 4.39 Å². The molecule has 0 aliphatic heterocycles. The van der Waals surface area contributed by atoms with E-state index in [0.29, 0.717) is 10.2 Å². The third-order valence-corrected chi connectivity index (χ3v) is 3.80. The van der Waals surface area contributed by atoms with Gasteiger partial charge in [-0.2, -0.15) is 0 Å². The fourth-order valence-electron chi connectivity index (χ4n) is 1.68. The maximum absolute atomic E-state index is 13.7. The van der Waals surface area contributed by atoms with Crippen LogP contribution in [0, 0.1) is 5.82 Å². The molecule has 0 aromatic heterocycles. The highest BCUT2D eigenvalue weighted by Crippen LogP contribution is 2.32. The van der Waals surface area contributed by atoms with E-state index in [0.717, 1.165) is 23.1 Å². The van der Waals surface area contributed by atoms with E-state index in [2.05, 4.69) is 44.1 Å². The van der Waals surface area contributed by atoms with Gasteiger partial charge in [-0.15, -0.1) is 0 Å². The lowest BCUT2D eigenvalue weighted by Gasteiger charge is -2.10. The van der Waals surface area contributed by atoms with Gasteiger partial charge in [0.15, 0.2) is 11.6 Å². The first-order valence-corrected chi connectivity index (χ1v) is 7.81. The Hall–Kier alpha value is -0.910. The molecule has 0 amide bonds. The number of ether oxygens (including phenoxy) is 1.